The lowest BCUT2D eigenvalue weighted by molar-refractivity contribution is -0.113. The molecule has 0 radical (unpaired) electrons. The van der Waals surface area contributed by atoms with E-state index in [1.807, 2.05) is 0 Å². The van der Waals surface area contributed by atoms with E-state index >= 15 is 0 Å². The Morgan fingerprint density at radius 1 is 1.54 bits per heavy atom. The van der Waals surface area contributed by atoms with Gasteiger partial charge in [0.2, 0.25) is 5.91 Å². The molecule has 0 spiro atoms. The van der Waals surface area contributed by atoms with Crippen molar-refractivity contribution in [1.29, 1.82) is 0 Å². The van der Waals surface area contributed by atoms with Gasteiger partial charge >= 0.3 is 0 Å². The molecule has 1 aromatic heterocycles. The van der Waals surface area contributed by atoms with Gasteiger partial charge in [0.15, 0.2) is 11.0 Å². The molecule has 0 fully saturated rings. The van der Waals surface area contributed by atoms with Crippen LogP contribution in [0.25, 0.3) is 0 Å². The predicted molar refractivity (Wildman–Crippen MR) is 91.7 cm³/mol. The number of carbonyl (C=O) groups excluding carboxylic acids is 1. The monoisotopic (exact) mass is 370 g/mol. The fourth-order valence-corrected chi connectivity index (χ4v) is 2.81. The van der Waals surface area contributed by atoms with Crippen molar-refractivity contribution in [2.75, 3.05) is 18.2 Å². The number of rotatable bonds is 8. The van der Waals surface area contributed by atoms with E-state index in [1.165, 1.54) is 23.9 Å². The number of ether oxygens (including phenoxy) is 1. The van der Waals surface area contributed by atoms with E-state index in [4.69, 9.17) is 16.3 Å². The number of aromatic nitrogens is 3. The average Bonchev–Trinajstić information content (AvgIpc) is 2.91. The topological polar surface area (TPSA) is 69.0 Å². The quantitative estimate of drug-likeness (QED) is 0.571. The molecule has 2 aromatic rings. The first-order chi connectivity index (χ1) is 11.5. The summed E-state index contributed by atoms with van der Waals surface area (Å²) < 4.78 is 20.5. The lowest BCUT2D eigenvalue weighted by atomic mass is 10.3. The Kier molecular flexibility index (Phi) is 6.77. The fraction of sp³-hybridized carbons (Fsp3) is 0.267. The second kappa shape index (κ2) is 8.81. The summed E-state index contributed by atoms with van der Waals surface area (Å²) in [4.78, 5) is 12.0. The Bertz CT molecular complexity index is 738. The lowest BCUT2D eigenvalue weighted by Crippen LogP contribution is -2.15. The minimum absolute atomic E-state index is 0.0598. The van der Waals surface area contributed by atoms with Gasteiger partial charge in [-0.25, -0.2) is 4.39 Å². The number of hydrogen-bond donors (Lipinski definition) is 1. The fourth-order valence-electron chi connectivity index (χ4n) is 1.88. The number of nitrogens with one attached hydrogen (secondary N) is 1. The van der Waals surface area contributed by atoms with Gasteiger partial charge in [-0.05, 0) is 18.2 Å². The summed E-state index contributed by atoms with van der Waals surface area (Å²) in [6.45, 7) is 4.50. The summed E-state index contributed by atoms with van der Waals surface area (Å²) in [6, 6.07) is 4.06. The first-order valence-corrected chi connectivity index (χ1v) is 8.31. The average molecular weight is 371 g/mol. The first kappa shape index (κ1) is 18.4. The number of hydrogen-bond acceptors (Lipinski definition) is 5. The molecule has 0 aliphatic rings. The highest BCUT2D eigenvalue weighted by Gasteiger charge is 2.14. The predicted octanol–water partition coefficient (Wildman–Crippen LogP) is 3.13. The normalized spacial score (nSPS) is 10.6. The molecular weight excluding hydrogens is 355 g/mol. The summed E-state index contributed by atoms with van der Waals surface area (Å²) in [6.07, 6.45) is 1.70. The van der Waals surface area contributed by atoms with Crippen LogP contribution in [0.3, 0.4) is 0 Å². The van der Waals surface area contributed by atoms with Crippen LogP contribution in [0, 0.1) is 5.82 Å². The van der Waals surface area contributed by atoms with Crippen LogP contribution >= 0.6 is 23.4 Å². The maximum atomic E-state index is 13.7. The Balaban J connectivity index is 1.99. The van der Waals surface area contributed by atoms with Gasteiger partial charge in [-0.15, -0.1) is 16.8 Å². The molecule has 0 unspecified atom stereocenters. The number of amides is 1. The molecule has 0 saturated carbocycles. The van der Waals surface area contributed by atoms with Gasteiger partial charge in [0, 0.05) is 18.7 Å². The molecule has 24 heavy (non-hydrogen) atoms. The number of anilines is 1. The van der Waals surface area contributed by atoms with E-state index < -0.39 is 5.82 Å². The van der Waals surface area contributed by atoms with Gasteiger partial charge < -0.3 is 14.6 Å². The molecule has 1 heterocycles. The molecule has 1 aromatic carbocycles. The minimum Gasteiger partial charge on any atom is -0.377 e. The Labute approximate surface area is 148 Å². The SMILES string of the molecule is C=CCn1c(COC)nnc1SCC(=O)Nc1ccc(Cl)cc1F. The minimum atomic E-state index is -0.585. The van der Waals surface area contributed by atoms with Crippen molar-refractivity contribution >= 4 is 35.0 Å². The molecule has 0 bridgehead atoms. The zero-order valence-corrected chi connectivity index (χ0v) is 14.5. The molecule has 0 aliphatic heterocycles. The maximum Gasteiger partial charge on any atom is 0.234 e. The van der Waals surface area contributed by atoms with E-state index in [1.54, 1.807) is 17.8 Å². The van der Waals surface area contributed by atoms with E-state index in [0.29, 0.717) is 24.1 Å². The number of thioether (sulfide) groups is 1. The van der Waals surface area contributed by atoms with Gasteiger partial charge in [-0.2, -0.15) is 0 Å². The third kappa shape index (κ3) is 4.80. The second-order valence-corrected chi connectivity index (χ2v) is 6.07. The van der Waals surface area contributed by atoms with Crippen LogP contribution in [0.4, 0.5) is 10.1 Å². The summed E-state index contributed by atoms with van der Waals surface area (Å²) in [5, 5.41) is 11.4. The highest BCUT2D eigenvalue weighted by Crippen LogP contribution is 2.21. The van der Waals surface area contributed by atoms with Crippen LogP contribution in [0.2, 0.25) is 5.02 Å². The Hall–Kier alpha value is -1.90. The molecule has 128 valence electrons. The summed E-state index contributed by atoms with van der Waals surface area (Å²) in [7, 11) is 1.56. The molecule has 1 amide bonds. The van der Waals surface area contributed by atoms with Gasteiger partial charge in [-0.3, -0.25) is 4.79 Å². The summed E-state index contributed by atoms with van der Waals surface area (Å²) >= 11 is 6.87. The van der Waals surface area contributed by atoms with Crippen molar-refractivity contribution in [3.63, 3.8) is 0 Å². The van der Waals surface area contributed by atoms with Gasteiger partial charge in [0.05, 0.1) is 11.4 Å². The number of nitrogens with zero attached hydrogens (tertiary/aromatic N) is 3. The number of methoxy groups -OCH3 is 1. The second-order valence-electron chi connectivity index (χ2n) is 4.69. The molecule has 1 N–H and O–H groups in total. The molecular formula is C15H16ClFN4O2S. The van der Waals surface area contributed by atoms with Crippen molar-refractivity contribution in [1.82, 2.24) is 14.8 Å². The van der Waals surface area contributed by atoms with E-state index in [0.717, 1.165) is 6.07 Å². The third-order valence-corrected chi connectivity index (χ3v) is 4.12. The van der Waals surface area contributed by atoms with Crippen LogP contribution in [-0.4, -0.2) is 33.5 Å². The zero-order valence-electron chi connectivity index (χ0n) is 13.0. The van der Waals surface area contributed by atoms with Crippen molar-refractivity contribution in [3.8, 4) is 0 Å². The van der Waals surface area contributed by atoms with Crippen molar-refractivity contribution in [2.45, 2.75) is 18.3 Å². The van der Waals surface area contributed by atoms with Crippen LogP contribution < -0.4 is 5.32 Å². The van der Waals surface area contributed by atoms with E-state index in [9.17, 15) is 9.18 Å². The number of halogens is 2. The Morgan fingerprint density at radius 2 is 2.33 bits per heavy atom. The van der Waals surface area contributed by atoms with Crippen LogP contribution in [0.5, 0.6) is 0 Å². The highest BCUT2D eigenvalue weighted by molar-refractivity contribution is 7.99. The molecule has 2 rings (SSSR count). The first-order valence-electron chi connectivity index (χ1n) is 6.94. The third-order valence-electron chi connectivity index (χ3n) is 2.92. The van der Waals surface area contributed by atoms with Crippen molar-refractivity contribution in [3.05, 3.63) is 47.5 Å². The number of carbonyl (C=O) groups is 1. The van der Waals surface area contributed by atoms with Gasteiger partial charge in [-0.1, -0.05) is 29.4 Å². The largest absolute Gasteiger partial charge is 0.377 e. The summed E-state index contributed by atoms with van der Waals surface area (Å²) in [5.74, 6) is -0.241. The van der Waals surface area contributed by atoms with Gasteiger partial charge in [0.1, 0.15) is 12.4 Å². The zero-order chi connectivity index (χ0) is 17.5. The molecule has 0 atom stereocenters. The number of benzene rings is 1. The van der Waals surface area contributed by atoms with Gasteiger partial charge in [0.25, 0.3) is 0 Å². The van der Waals surface area contributed by atoms with Crippen LogP contribution in [0.1, 0.15) is 5.82 Å². The van der Waals surface area contributed by atoms with E-state index in [-0.39, 0.29) is 22.4 Å². The van der Waals surface area contributed by atoms with E-state index in [2.05, 4.69) is 22.1 Å². The van der Waals surface area contributed by atoms with Crippen LogP contribution in [-0.2, 0) is 22.7 Å². The molecule has 0 saturated heterocycles. The standard InChI is InChI=1S/C15H16ClFN4O2S/c1-3-6-21-13(8-23-2)19-20-15(21)24-9-14(22)18-12-5-4-10(16)7-11(12)17/h3-5,7H,1,6,8-9H2,2H3,(H,18,22). The molecule has 0 aliphatic carbocycles. The maximum absolute atomic E-state index is 13.7. The molecule has 6 nitrogen and oxygen atoms in total. The van der Waals surface area contributed by atoms with Crippen molar-refractivity contribution in [2.24, 2.45) is 0 Å². The lowest BCUT2D eigenvalue weighted by Gasteiger charge is -2.08. The van der Waals surface area contributed by atoms with Crippen molar-refractivity contribution < 1.29 is 13.9 Å². The summed E-state index contributed by atoms with van der Waals surface area (Å²) in [5.41, 5.74) is 0.0811. The molecule has 9 heteroatoms. The highest BCUT2D eigenvalue weighted by atomic mass is 35.5. The van der Waals surface area contributed by atoms with Crippen LogP contribution in [0.15, 0.2) is 36.0 Å². The number of allylic oxidation sites excluding steroid dienone is 1. The smallest absolute Gasteiger partial charge is 0.234 e. The Morgan fingerprint density at radius 3 is 3.00 bits per heavy atom.